The van der Waals surface area contributed by atoms with E-state index in [1.807, 2.05) is 45.0 Å². The summed E-state index contributed by atoms with van der Waals surface area (Å²) < 4.78 is 16.6. The minimum absolute atomic E-state index is 0. The molecule has 27 heavy (non-hydrogen) atoms. The molecule has 0 aliphatic heterocycles. The topological polar surface area (TPSA) is 77.6 Å². The largest absolute Gasteiger partial charge is 0.491 e. The molecule has 1 atom stereocenters. The molecule has 0 aliphatic carbocycles. The summed E-state index contributed by atoms with van der Waals surface area (Å²) in [4.78, 5) is 4.29. The van der Waals surface area contributed by atoms with Crippen LogP contribution in [0.4, 0.5) is 0 Å². The monoisotopic (exact) mass is 390 g/mol. The zero-order valence-corrected chi connectivity index (χ0v) is 16.3. The Morgan fingerprint density at radius 1 is 1.07 bits per heavy atom. The van der Waals surface area contributed by atoms with E-state index >= 15 is 0 Å². The molecule has 0 spiro atoms. The van der Waals surface area contributed by atoms with Gasteiger partial charge >= 0.3 is 0 Å². The van der Waals surface area contributed by atoms with E-state index in [-0.39, 0.29) is 30.5 Å². The molecule has 0 radical (unpaired) electrons. The predicted octanol–water partition coefficient (Wildman–Crippen LogP) is 4.66. The molecule has 7 heteroatoms. The van der Waals surface area contributed by atoms with E-state index < -0.39 is 0 Å². The fraction of sp³-hybridized carbons (Fsp3) is 0.300. The highest BCUT2D eigenvalue weighted by Gasteiger charge is 2.10. The van der Waals surface area contributed by atoms with Gasteiger partial charge in [-0.1, -0.05) is 12.1 Å². The Bertz CT molecular complexity index is 849. The lowest BCUT2D eigenvalue weighted by Gasteiger charge is -2.15. The highest BCUT2D eigenvalue weighted by Crippen LogP contribution is 2.24. The third-order valence-electron chi connectivity index (χ3n) is 3.63. The molecule has 1 aromatic carbocycles. The Kier molecular flexibility index (Phi) is 7.07. The first kappa shape index (κ1) is 20.6. The van der Waals surface area contributed by atoms with E-state index in [0.29, 0.717) is 11.6 Å². The van der Waals surface area contributed by atoms with Crippen molar-refractivity contribution in [2.24, 2.45) is 0 Å². The van der Waals surface area contributed by atoms with Crippen LogP contribution in [0.5, 0.6) is 17.5 Å². The number of aromatic nitrogens is 2. The summed E-state index contributed by atoms with van der Waals surface area (Å²) in [6, 6.07) is 13.0. The second-order valence-corrected chi connectivity index (χ2v) is 6.38. The summed E-state index contributed by atoms with van der Waals surface area (Å²) in [5.74, 6) is 1.69. The first-order chi connectivity index (χ1) is 12.5. The average Bonchev–Trinajstić information content (AvgIpc) is 3.01. The number of ether oxygens (including phenoxy) is 2. The van der Waals surface area contributed by atoms with Crippen LogP contribution in [0.1, 0.15) is 26.3 Å². The number of pyridine rings is 1. The molecule has 0 saturated heterocycles. The molecule has 3 rings (SSSR count). The first-order valence-electron chi connectivity index (χ1n) is 8.54. The molecule has 3 aromatic rings. The van der Waals surface area contributed by atoms with Crippen LogP contribution >= 0.6 is 12.4 Å². The van der Waals surface area contributed by atoms with Gasteiger partial charge in [-0.3, -0.25) is 0 Å². The Labute approximate surface area is 164 Å². The van der Waals surface area contributed by atoms with Gasteiger partial charge in [-0.05, 0) is 49.7 Å². The molecular weight excluding hydrogens is 368 g/mol. The molecule has 0 aliphatic rings. The van der Waals surface area contributed by atoms with Crippen molar-refractivity contribution < 1.29 is 19.1 Å². The molecule has 144 valence electrons. The minimum atomic E-state index is -0.155. The number of halogens is 1. The Morgan fingerprint density at radius 2 is 1.89 bits per heavy atom. The number of aromatic hydroxyl groups is 1. The standard InChI is InChI=1S/C20H22N2O4.ClH/c1-13(2)24-17-6-4-5-15(10-17)9-14(3)25-20-8-7-16(12-21-20)18-11-19(23)22-26-18;/h4-8,10-14H,9H2,1-3H3,(H,22,23);1H/t14-;/m1./s1. The van der Waals surface area contributed by atoms with Crippen LogP contribution in [0.2, 0.25) is 0 Å². The van der Waals surface area contributed by atoms with Crippen LogP contribution in [0.15, 0.2) is 53.2 Å². The molecule has 2 aromatic heterocycles. The highest BCUT2D eigenvalue weighted by atomic mass is 35.5. The number of rotatable bonds is 7. The lowest BCUT2D eigenvalue weighted by Crippen LogP contribution is -2.16. The summed E-state index contributed by atoms with van der Waals surface area (Å²) in [5, 5.41) is 12.7. The van der Waals surface area contributed by atoms with E-state index in [9.17, 15) is 5.11 Å². The van der Waals surface area contributed by atoms with Gasteiger partial charge in [0.15, 0.2) is 5.76 Å². The quantitative estimate of drug-likeness (QED) is 0.632. The molecule has 1 N–H and O–H groups in total. The van der Waals surface area contributed by atoms with Crippen molar-refractivity contribution in [3.05, 3.63) is 54.2 Å². The lowest BCUT2D eigenvalue weighted by molar-refractivity contribution is 0.212. The van der Waals surface area contributed by atoms with Gasteiger partial charge in [-0.25, -0.2) is 4.98 Å². The molecular formula is C20H23ClN2O4. The zero-order chi connectivity index (χ0) is 18.5. The fourth-order valence-electron chi connectivity index (χ4n) is 2.60. The zero-order valence-electron chi connectivity index (χ0n) is 15.5. The van der Waals surface area contributed by atoms with Crippen LogP contribution < -0.4 is 9.47 Å². The average molecular weight is 391 g/mol. The third-order valence-corrected chi connectivity index (χ3v) is 3.63. The van der Waals surface area contributed by atoms with Crippen molar-refractivity contribution >= 4 is 12.4 Å². The molecule has 2 heterocycles. The Hall–Kier alpha value is -2.73. The summed E-state index contributed by atoms with van der Waals surface area (Å²) in [6.07, 6.45) is 2.47. The van der Waals surface area contributed by atoms with Gasteiger partial charge in [-0.15, -0.1) is 12.4 Å². The predicted molar refractivity (Wildman–Crippen MR) is 105 cm³/mol. The molecule has 0 unspecified atom stereocenters. The molecule has 0 amide bonds. The maximum Gasteiger partial charge on any atom is 0.252 e. The van der Waals surface area contributed by atoms with E-state index in [4.69, 9.17) is 14.0 Å². The number of nitrogens with zero attached hydrogens (tertiary/aromatic N) is 2. The number of hydrogen-bond donors (Lipinski definition) is 1. The van der Waals surface area contributed by atoms with Crippen LogP contribution in [0.25, 0.3) is 11.3 Å². The normalized spacial score (nSPS) is 11.7. The Morgan fingerprint density at radius 3 is 2.52 bits per heavy atom. The highest BCUT2D eigenvalue weighted by molar-refractivity contribution is 5.85. The Balaban J connectivity index is 0.00000261. The van der Waals surface area contributed by atoms with E-state index in [1.54, 1.807) is 12.3 Å². The van der Waals surface area contributed by atoms with Gasteiger partial charge in [0.2, 0.25) is 5.88 Å². The van der Waals surface area contributed by atoms with E-state index in [2.05, 4.69) is 16.2 Å². The van der Waals surface area contributed by atoms with Crippen molar-refractivity contribution in [3.63, 3.8) is 0 Å². The van der Waals surface area contributed by atoms with Crippen molar-refractivity contribution in [2.75, 3.05) is 0 Å². The SMILES string of the molecule is CC(C)Oc1cccc(C[C@@H](C)Oc2ccc(-c3cc(O)no3)cn2)c1.Cl. The van der Waals surface area contributed by atoms with Gasteiger partial charge < -0.3 is 19.1 Å². The molecule has 0 bridgehead atoms. The van der Waals surface area contributed by atoms with Crippen molar-refractivity contribution in [1.82, 2.24) is 10.1 Å². The minimum Gasteiger partial charge on any atom is -0.491 e. The van der Waals surface area contributed by atoms with Gasteiger partial charge in [0.1, 0.15) is 11.9 Å². The van der Waals surface area contributed by atoms with Crippen molar-refractivity contribution in [2.45, 2.75) is 39.4 Å². The maximum absolute atomic E-state index is 9.24. The maximum atomic E-state index is 9.24. The lowest BCUT2D eigenvalue weighted by atomic mass is 10.1. The van der Waals surface area contributed by atoms with Gasteiger partial charge in [0.05, 0.1) is 6.10 Å². The molecule has 0 fully saturated rings. The van der Waals surface area contributed by atoms with Gasteiger partial charge in [0.25, 0.3) is 5.88 Å². The summed E-state index contributed by atoms with van der Waals surface area (Å²) in [7, 11) is 0. The molecule has 0 saturated carbocycles. The van der Waals surface area contributed by atoms with Crippen LogP contribution in [0, 0.1) is 0 Å². The van der Waals surface area contributed by atoms with E-state index in [0.717, 1.165) is 23.3 Å². The van der Waals surface area contributed by atoms with E-state index in [1.165, 1.54) is 6.07 Å². The van der Waals surface area contributed by atoms with Crippen molar-refractivity contribution in [1.29, 1.82) is 0 Å². The molecule has 6 nitrogen and oxygen atoms in total. The first-order valence-corrected chi connectivity index (χ1v) is 8.54. The van der Waals surface area contributed by atoms with Crippen LogP contribution in [0.3, 0.4) is 0 Å². The number of hydrogen-bond acceptors (Lipinski definition) is 6. The van der Waals surface area contributed by atoms with Crippen LogP contribution in [-0.2, 0) is 6.42 Å². The summed E-state index contributed by atoms with van der Waals surface area (Å²) in [6.45, 7) is 6.02. The fourth-order valence-corrected chi connectivity index (χ4v) is 2.60. The van der Waals surface area contributed by atoms with Crippen molar-refractivity contribution in [3.8, 4) is 28.8 Å². The number of benzene rings is 1. The second kappa shape index (κ2) is 9.28. The smallest absolute Gasteiger partial charge is 0.252 e. The summed E-state index contributed by atoms with van der Waals surface area (Å²) >= 11 is 0. The van der Waals surface area contributed by atoms with Crippen LogP contribution in [-0.4, -0.2) is 27.5 Å². The van der Waals surface area contributed by atoms with Gasteiger partial charge in [-0.2, -0.15) is 0 Å². The summed E-state index contributed by atoms with van der Waals surface area (Å²) in [5.41, 5.74) is 1.86. The second-order valence-electron chi connectivity index (χ2n) is 6.38. The third kappa shape index (κ3) is 5.89. The van der Waals surface area contributed by atoms with Gasteiger partial charge in [0, 0.05) is 30.3 Å².